The van der Waals surface area contributed by atoms with Crippen molar-refractivity contribution < 1.29 is 14.1 Å². The molecule has 0 radical (unpaired) electrons. The highest BCUT2D eigenvalue weighted by Gasteiger charge is 2.35. The van der Waals surface area contributed by atoms with Crippen molar-refractivity contribution in [3.8, 4) is 17.0 Å². The molecule has 0 amide bonds. The third-order valence-corrected chi connectivity index (χ3v) is 3.28. The first-order valence-corrected chi connectivity index (χ1v) is 5.78. The van der Waals surface area contributed by atoms with E-state index < -0.39 is 0 Å². The molecule has 0 bridgehead atoms. The summed E-state index contributed by atoms with van der Waals surface area (Å²) >= 11 is 0. The summed E-state index contributed by atoms with van der Waals surface area (Å²) in [7, 11) is 0. The lowest BCUT2D eigenvalue weighted by Gasteiger charge is -2.18. The minimum Gasteiger partial charge on any atom is -0.484 e. The number of carbonyl (C=O) groups is 1. The molecule has 0 unspecified atom stereocenters. The number of hydrogen-bond acceptors (Lipinski definition) is 4. The highest BCUT2D eigenvalue weighted by atomic mass is 16.5. The van der Waals surface area contributed by atoms with Crippen molar-refractivity contribution in [2.75, 3.05) is 11.9 Å². The van der Waals surface area contributed by atoms with Crippen LogP contribution in [-0.2, 0) is 6.61 Å². The number of hydrogen-bond donors (Lipinski definition) is 1. The number of nitrogens with one attached hydrogen (secondary N) is 1. The average molecular weight is 240 g/mol. The predicted octanol–water partition coefficient (Wildman–Crippen LogP) is 0.994. The number of fused-ring (bicyclic) bond motifs is 5. The Bertz CT molecular complexity index is 682. The highest BCUT2D eigenvalue weighted by molar-refractivity contribution is 5.79. The van der Waals surface area contributed by atoms with Gasteiger partial charge in [-0.05, 0) is 12.1 Å². The van der Waals surface area contributed by atoms with Crippen LogP contribution in [0.1, 0.15) is 10.5 Å². The molecular weight excluding hydrogens is 230 g/mol. The molecule has 1 N–H and O–H groups in total. The Morgan fingerprint density at radius 2 is 2.22 bits per heavy atom. The van der Waals surface area contributed by atoms with Crippen LogP contribution in [0.25, 0.3) is 11.3 Å². The number of para-hydroxylation sites is 1. The number of nitrogens with zero attached hydrogens (tertiary/aromatic N) is 2. The number of anilines is 1. The van der Waals surface area contributed by atoms with E-state index in [1.165, 1.54) is 0 Å². The van der Waals surface area contributed by atoms with E-state index in [9.17, 15) is 4.79 Å². The van der Waals surface area contributed by atoms with Crippen LogP contribution in [0, 0.1) is 0 Å². The van der Waals surface area contributed by atoms with Crippen molar-refractivity contribution in [3.05, 3.63) is 36.2 Å². The van der Waals surface area contributed by atoms with Gasteiger partial charge in [0.2, 0.25) is 0 Å². The zero-order valence-corrected chi connectivity index (χ0v) is 9.51. The number of aromatic nitrogens is 2. The molecule has 5 nitrogen and oxygen atoms in total. The molecule has 0 saturated heterocycles. The summed E-state index contributed by atoms with van der Waals surface area (Å²) in [4.78, 5) is 16.3. The molecule has 2 aliphatic heterocycles. The molecule has 5 heteroatoms. The van der Waals surface area contributed by atoms with Crippen molar-refractivity contribution in [1.82, 2.24) is 4.98 Å². The first-order valence-electron chi connectivity index (χ1n) is 5.78. The van der Waals surface area contributed by atoms with Gasteiger partial charge in [0.25, 0.3) is 0 Å². The molecule has 1 aromatic heterocycles. The minimum absolute atomic E-state index is 0.0339. The fourth-order valence-electron chi connectivity index (χ4n) is 2.46. The number of rotatable bonds is 0. The van der Waals surface area contributed by atoms with Gasteiger partial charge in [0.05, 0.1) is 0 Å². The van der Waals surface area contributed by atoms with Crippen LogP contribution in [0.3, 0.4) is 0 Å². The molecule has 18 heavy (non-hydrogen) atoms. The van der Waals surface area contributed by atoms with E-state index in [0.29, 0.717) is 13.2 Å². The second-order valence-electron chi connectivity index (χ2n) is 4.31. The Morgan fingerprint density at radius 3 is 3.17 bits per heavy atom. The van der Waals surface area contributed by atoms with Crippen molar-refractivity contribution >= 4 is 11.7 Å². The number of carbonyl (C=O) groups excluding carboxylic acids is 1. The lowest BCUT2D eigenvalue weighted by molar-refractivity contribution is -0.562. The van der Waals surface area contributed by atoms with Gasteiger partial charge in [0, 0.05) is 5.56 Å². The molecule has 0 atom stereocenters. The molecule has 0 spiro atoms. The summed E-state index contributed by atoms with van der Waals surface area (Å²) in [5.41, 5.74) is 2.59. The molecule has 2 aromatic rings. The standard InChI is InChI=1S/C13H9N3O2/c17-12-6-14-11-5-15-13-8-3-1-2-4-10(8)18-7-9(13)16(11)12/h1-5H,6-7H2/p+1. The molecule has 0 fully saturated rings. The van der Waals surface area contributed by atoms with Gasteiger partial charge in [-0.2, -0.15) is 4.57 Å². The maximum atomic E-state index is 11.9. The monoisotopic (exact) mass is 240 g/mol. The van der Waals surface area contributed by atoms with Gasteiger partial charge in [-0.1, -0.05) is 12.1 Å². The van der Waals surface area contributed by atoms with Crippen molar-refractivity contribution in [3.63, 3.8) is 0 Å². The van der Waals surface area contributed by atoms with E-state index in [1.807, 2.05) is 24.3 Å². The Morgan fingerprint density at radius 1 is 1.33 bits per heavy atom. The average Bonchev–Trinajstić information content (AvgIpc) is 2.80. The van der Waals surface area contributed by atoms with Crippen LogP contribution in [0.5, 0.6) is 5.75 Å². The lowest BCUT2D eigenvalue weighted by Crippen LogP contribution is -2.45. The van der Waals surface area contributed by atoms with Gasteiger partial charge in [0.1, 0.15) is 17.6 Å². The van der Waals surface area contributed by atoms with Crippen LogP contribution in [-0.4, -0.2) is 17.4 Å². The first-order chi connectivity index (χ1) is 8.84. The SMILES string of the molecule is O=C1CNc2cnc3c([n+]21)COc1ccccc1-3. The normalized spacial score (nSPS) is 15.2. The second-order valence-corrected chi connectivity index (χ2v) is 4.31. The fraction of sp³-hybridized carbons (Fsp3) is 0.154. The first kappa shape index (κ1) is 9.58. The Balaban J connectivity index is 2.03. The zero-order valence-electron chi connectivity index (χ0n) is 9.51. The zero-order chi connectivity index (χ0) is 12.1. The topological polar surface area (TPSA) is 55.1 Å². The largest absolute Gasteiger partial charge is 0.484 e. The van der Waals surface area contributed by atoms with E-state index in [4.69, 9.17) is 4.74 Å². The quantitative estimate of drug-likeness (QED) is 0.698. The summed E-state index contributed by atoms with van der Waals surface area (Å²) in [6, 6.07) is 7.74. The van der Waals surface area contributed by atoms with Gasteiger partial charge < -0.3 is 4.74 Å². The summed E-state index contributed by atoms with van der Waals surface area (Å²) in [6.45, 7) is 0.695. The van der Waals surface area contributed by atoms with Gasteiger partial charge in [0.15, 0.2) is 18.8 Å². The Hall–Kier alpha value is -2.43. The molecular formula is C13H10N3O2+. The van der Waals surface area contributed by atoms with Crippen LogP contribution >= 0.6 is 0 Å². The summed E-state index contributed by atoms with van der Waals surface area (Å²) in [5.74, 6) is 1.59. The maximum absolute atomic E-state index is 11.9. The molecule has 4 rings (SSSR count). The molecule has 0 aliphatic carbocycles. The van der Waals surface area contributed by atoms with Gasteiger partial charge >= 0.3 is 11.7 Å². The van der Waals surface area contributed by atoms with Crippen LogP contribution < -0.4 is 14.6 Å². The van der Waals surface area contributed by atoms with Crippen molar-refractivity contribution in [2.24, 2.45) is 0 Å². The predicted molar refractivity (Wildman–Crippen MR) is 63.3 cm³/mol. The van der Waals surface area contributed by atoms with Gasteiger partial charge in [-0.25, -0.2) is 9.78 Å². The number of benzene rings is 1. The summed E-state index contributed by atoms with van der Waals surface area (Å²) in [6.07, 6.45) is 1.70. The third-order valence-electron chi connectivity index (χ3n) is 3.28. The smallest absolute Gasteiger partial charge is 0.356 e. The van der Waals surface area contributed by atoms with E-state index in [2.05, 4.69) is 10.3 Å². The minimum atomic E-state index is 0.0339. The van der Waals surface area contributed by atoms with Crippen molar-refractivity contribution in [2.45, 2.75) is 6.61 Å². The van der Waals surface area contributed by atoms with Crippen LogP contribution in [0.15, 0.2) is 30.5 Å². The maximum Gasteiger partial charge on any atom is 0.356 e. The Labute approximate surface area is 103 Å². The van der Waals surface area contributed by atoms with Gasteiger partial charge in [-0.3, -0.25) is 5.32 Å². The Kier molecular flexibility index (Phi) is 1.75. The van der Waals surface area contributed by atoms with E-state index in [1.54, 1.807) is 10.8 Å². The highest BCUT2D eigenvalue weighted by Crippen LogP contribution is 2.34. The summed E-state index contributed by atoms with van der Waals surface area (Å²) in [5, 5.41) is 3.02. The molecule has 3 heterocycles. The van der Waals surface area contributed by atoms with Crippen LogP contribution in [0.4, 0.5) is 5.82 Å². The molecule has 2 aliphatic rings. The van der Waals surface area contributed by atoms with E-state index in [0.717, 1.165) is 28.5 Å². The van der Waals surface area contributed by atoms with Crippen molar-refractivity contribution in [1.29, 1.82) is 0 Å². The molecule has 1 aromatic carbocycles. The number of ether oxygens (including phenoxy) is 1. The van der Waals surface area contributed by atoms with Gasteiger partial charge in [-0.15, -0.1) is 0 Å². The summed E-state index contributed by atoms with van der Waals surface area (Å²) < 4.78 is 7.35. The molecule has 0 saturated carbocycles. The second kappa shape index (κ2) is 3.29. The van der Waals surface area contributed by atoms with E-state index >= 15 is 0 Å². The lowest BCUT2D eigenvalue weighted by atomic mass is 10.1. The fourth-order valence-corrected chi connectivity index (χ4v) is 2.46. The van der Waals surface area contributed by atoms with E-state index in [-0.39, 0.29) is 5.91 Å². The third kappa shape index (κ3) is 1.13. The molecule has 88 valence electrons. The van der Waals surface area contributed by atoms with Crippen LogP contribution in [0.2, 0.25) is 0 Å².